The third-order valence-electron chi connectivity index (χ3n) is 3.98. The second-order valence-corrected chi connectivity index (χ2v) is 5.73. The number of hydrogen-bond acceptors (Lipinski definition) is 3. The Kier molecular flexibility index (Phi) is 2.81. The molecule has 1 atom stereocenters. The SMILES string of the molecule is CC1(c2cn3ccnc3c(-c3ccc(C(F)(F)F)cc3)n2)CO1. The normalized spacial score (nSPS) is 20.9. The van der Waals surface area contributed by atoms with E-state index in [0.717, 1.165) is 17.8 Å². The van der Waals surface area contributed by atoms with E-state index in [1.165, 1.54) is 12.1 Å². The summed E-state index contributed by atoms with van der Waals surface area (Å²) >= 11 is 0. The van der Waals surface area contributed by atoms with Crippen molar-refractivity contribution < 1.29 is 17.9 Å². The summed E-state index contributed by atoms with van der Waals surface area (Å²) in [5.41, 5.74) is 1.34. The summed E-state index contributed by atoms with van der Waals surface area (Å²) in [7, 11) is 0. The molecule has 3 heterocycles. The van der Waals surface area contributed by atoms with Crippen LogP contribution in [0.25, 0.3) is 16.9 Å². The summed E-state index contributed by atoms with van der Waals surface area (Å²) in [4.78, 5) is 8.83. The Balaban J connectivity index is 1.86. The van der Waals surface area contributed by atoms with Gasteiger partial charge in [-0.15, -0.1) is 0 Å². The molecule has 118 valence electrons. The van der Waals surface area contributed by atoms with Gasteiger partial charge in [0.2, 0.25) is 0 Å². The van der Waals surface area contributed by atoms with Gasteiger partial charge in [-0.05, 0) is 19.1 Å². The lowest BCUT2D eigenvalue weighted by Gasteiger charge is -2.11. The average Bonchev–Trinajstić information content (AvgIpc) is 3.09. The van der Waals surface area contributed by atoms with E-state index in [1.54, 1.807) is 12.4 Å². The van der Waals surface area contributed by atoms with Gasteiger partial charge < -0.3 is 9.14 Å². The first kappa shape index (κ1) is 14.2. The number of fused-ring (bicyclic) bond motifs is 1. The summed E-state index contributed by atoms with van der Waals surface area (Å²) in [6.07, 6.45) is 0.888. The number of ether oxygens (including phenoxy) is 1. The summed E-state index contributed by atoms with van der Waals surface area (Å²) in [6.45, 7) is 2.50. The fourth-order valence-corrected chi connectivity index (χ4v) is 2.45. The molecule has 1 aliphatic rings. The molecular weight excluding hydrogens is 307 g/mol. The van der Waals surface area contributed by atoms with Crippen molar-refractivity contribution in [3.8, 4) is 11.3 Å². The summed E-state index contributed by atoms with van der Waals surface area (Å²) in [5, 5.41) is 0. The molecule has 4 nitrogen and oxygen atoms in total. The third-order valence-corrected chi connectivity index (χ3v) is 3.98. The fraction of sp³-hybridized carbons (Fsp3) is 0.250. The van der Waals surface area contributed by atoms with Crippen LogP contribution in [0, 0.1) is 0 Å². The van der Waals surface area contributed by atoms with E-state index in [0.29, 0.717) is 23.5 Å². The Bertz CT molecular complexity index is 880. The predicted molar refractivity (Wildman–Crippen MR) is 76.7 cm³/mol. The van der Waals surface area contributed by atoms with Crippen molar-refractivity contribution in [2.75, 3.05) is 6.61 Å². The van der Waals surface area contributed by atoms with Gasteiger partial charge in [0.1, 0.15) is 11.3 Å². The van der Waals surface area contributed by atoms with E-state index < -0.39 is 17.3 Å². The molecule has 1 aliphatic heterocycles. The second kappa shape index (κ2) is 4.55. The first-order valence-corrected chi connectivity index (χ1v) is 7.03. The average molecular weight is 319 g/mol. The van der Waals surface area contributed by atoms with E-state index in [-0.39, 0.29) is 0 Å². The van der Waals surface area contributed by atoms with Crippen molar-refractivity contribution in [3.63, 3.8) is 0 Å². The van der Waals surface area contributed by atoms with Crippen molar-refractivity contribution in [3.05, 3.63) is 54.1 Å². The van der Waals surface area contributed by atoms with Crippen LogP contribution < -0.4 is 0 Å². The summed E-state index contributed by atoms with van der Waals surface area (Å²) < 4.78 is 45.3. The number of imidazole rings is 1. The lowest BCUT2D eigenvalue weighted by Crippen LogP contribution is -2.09. The van der Waals surface area contributed by atoms with Crippen LogP contribution >= 0.6 is 0 Å². The zero-order chi connectivity index (χ0) is 16.2. The van der Waals surface area contributed by atoms with Crippen molar-refractivity contribution in [1.29, 1.82) is 0 Å². The molecule has 0 amide bonds. The second-order valence-electron chi connectivity index (χ2n) is 5.73. The number of nitrogens with zero attached hydrogens (tertiary/aromatic N) is 3. The molecule has 0 N–H and O–H groups in total. The van der Waals surface area contributed by atoms with Crippen LogP contribution in [-0.2, 0) is 16.5 Å². The van der Waals surface area contributed by atoms with Gasteiger partial charge in [0.05, 0.1) is 17.9 Å². The van der Waals surface area contributed by atoms with Crippen LogP contribution in [0.2, 0.25) is 0 Å². The molecule has 2 aromatic heterocycles. The Morgan fingerprint density at radius 2 is 1.91 bits per heavy atom. The number of alkyl halides is 3. The van der Waals surface area contributed by atoms with Crippen molar-refractivity contribution in [1.82, 2.24) is 14.4 Å². The Labute approximate surface area is 129 Å². The highest BCUT2D eigenvalue weighted by atomic mass is 19.4. The first-order valence-electron chi connectivity index (χ1n) is 7.03. The number of epoxide rings is 1. The van der Waals surface area contributed by atoms with Crippen LogP contribution in [0.4, 0.5) is 13.2 Å². The maximum absolute atomic E-state index is 12.7. The molecule has 23 heavy (non-hydrogen) atoms. The van der Waals surface area contributed by atoms with Gasteiger partial charge in [-0.25, -0.2) is 9.97 Å². The zero-order valence-electron chi connectivity index (χ0n) is 12.1. The van der Waals surface area contributed by atoms with Crippen molar-refractivity contribution in [2.24, 2.45) is 0 Å². The van der Waals surface area contributed by atoms with Gasteiger partial charge >= 0.3 is 6.18 Å². The number of benzene rings is 1. The van der Waals surface area contributed by atoms with E-state index in [2.05, 4.69) is 9.97 Å². The van der Waals surface area contributed by atoms with E-state index in [1.807, 2.05) is 17.5 Å². The van der Waals surface area contributed by atoms with Crippen LogP contribution in [0.1, 0.15) is 18.2 Å². The number of hydrogen-bond donors (Lipinski definition) is 0. The standard InChI is InChI=1S/C16H12F3N3O/c1-15(9-23-15)12-8-22-7-6-20-14(22)13(21-12)10-2-4-11(5-3-10)16(17,18)19/h2-8H,9H2,1H3. The van der Waals surface area contributed by atoms with Crippen LogP contribution in [0.3, 0.4) is 0 Å². The van der Waals surface area contributed by atoms with Gasteiger partial charge in [0.25, 0.3) is 0 Å². The van der Waals surface area contributed by atoms with Gasteiger partial charge in [-0.3, -0.25) is 0 Å². The molecular formula is C16H12F3N3O. The van der Waals surface area contributed by atoms with Crippen LogP contribution in [0.15, 0.2) is 42.9 Å². The maximum atomic E-state index is 12.7. The molecule has 1 fully saturated rings. The van der Waals surface area contributed by atoms with Gasteiger partial charge in [-0.1, -0.05) is 12.1 Å². The largest absolute Gasteiger partial charge is 0.416 e. The maximum Gasteiger partial charge on any atom is 0.416 e. The number of halogens is 3. The quantitative estimate of drug-likeness (QED) is 0.677. The molecule has 0 radical (unpaired) electrons. The highest BCUT2D eigenvalue weighted by Gasteiger charge is 2.43. The Morgan fingerprint density at radius 1 is 1.22 bits per heavy atom. The highest BCUT2D eigenvalue weighted by molar-refractivity contribution is 5.74. The number of aromatic nitrogens is 3. The summed E-state index contributed by atoms with van der Waals surface area (Å²) in [5.74, 6) is 0. The van der Waals surface area contributed by atoms with Gasteiger partial charge in [0, 0.05) is 24.2 Å². The molecule has 1 unspecified atom stereocenters. The molecule has 0 spiro atoms. The molecule has 7 heteroatoms. The van der Waals surface area contributed by atoms with Crippen LogP contribution in [-0.4, -0.2) is 21.0 Å². The van der Waals surface area contributed by atoms with E-state index in [9.17, 15) is 13.2 Å². The summed E-state index contributed by atoms with van der Waals surface area (Å²) in [6, 6.07) is 4.94. The minimum atomic E-state index is -4.36. The minimum absolute atomic E-state index is 0.431. The topological polar surface area (TPSA) is 42.7 Å². The first-order chi connectivity index (χ1) is 10.9. The van der Waals surface area contributed by atoms with Crippen molar-refractivity contribution in [2.45, 2.75) is 18.7 Å². The molecule has 1 aromatic carbocycles. The lowest BCUT2D eigenvalue weighted by molar-refractivity contribution is -0.137. The predicted octanol–water partition coefficient (Wildman–Crippen LogP) is 3.66. The number of rotatable bonds is 2. The van der Waals surface area contributed by atoms with Crippen LogP contribution in [0.5, 0.6) is 0 Å². The monoisotopic (exact) mass is 319 g/mol. The van der Waals surface area contributed by atoms with Gasteiger partial charge in [0.15, 0.2) is 5.65 Å². The minimum Gasteiger partial charge on any atom is -0.363 e. The zero-order valence-corrected chi connectivity index (χ0v) is 12.1. The van der Waals surface area contributed by atoms with Crippen molar-refractivity contribution >= 4 is 5.65 Å². The molecule has 0 bridgehead atoms. The fourth-order valence-electron chi connectivity index (χ4n) is 2.45. The lowest BCUT2D eigenvalue weighted by atomic mass is 10.1. The Morgan fingerprint density at radius 3 is 2.52 bits per heavy atom. The smallest absolute Gasteiger partial charge is 0.363 e. The molecule has 0 aliphatic carbocycles. The van der Waals surface area contributed by atoms with E-state index in [4.69, 9.17) is 4.74 Å². The molecule has 4 rings (SSSR count). The van der Waals surface area contributed by atoms with E-state index >= 15 is 0 Å². The third kappa shape index (κ3) is 2.37. The molecule has 3 aromatic rings. The highest BCUT2D eigenvalue weighted by Crippen LogP contribution is 2.38. The van der Waals surface area contributed by atoms with Gasteiger partial charge in [-0.2, -0.15) is 13.2 Å². The molecule has 1 saturated heterocycles. The molecule has 0 saturated carbocycles. The Hall–Kier alpha value is -2.41.